The third kappa shape index (κ3) is 4.67. The molecule has 3 nitrogen and oxygen atoms in total. The van der Waals surface area contributed by atoms with Crippen LogP contribution in [0.4, 0.5) is 0 Å². The van der Waals surface area contributed by atoms with Crippen molar-refractivity contribution in [2.45, 2.75) is 11.4 Å². The highest BCUT2D eigenvalue weighted by molar-refractivity contribution is 8.02. The molecule has 2 rings (SSSR count). The van der Waals surface area contributed by atoms with E-state index in [1.54, 1.807) is 25.1 Å². The van der Waals surface area contributed by atoms with Gasteiger partial charge in [-0.05, 0) is 23.6 Å². The van der Waals surface area contributed by atoms with Crippen LogP contribution in [0, 0.1) is 0 Å². The molecule has 0 N–H and O–H groups in total. The van der Waals surface area contributed by atoms with Crippen molar-refractivity contribution >= 4 is 17.7 Å². The quantitative estimate of drug-likeness (QED) is 0.597. The van der Waals surface area contributed by atoms with E-state index >= 15 is 0 Å². The molecule has 0 radical (unpaired) electrons. The number of likely N-dealkylation sites (N-methyl/N-ethyl adjacent to an activating group) is 1. The Bertz CT molecular complexity index is 641. The molecule has 0 aliphatic carbocycles. The zero-order valence-electron chi connectivity index (χ0n) is 12.7. The monoisotopic (exact) mass is 313 g/mol. The molecule has 0 saturated heterocycles. The second-order valence-electron chi connectivity index (χ2n) is 4.74. The molecule has 0 fully saturated rings. The second-order valence-corrected chi connectivity index (χ2v) is 5.72. The molecule has 0 unspecified atom stereocenters. The van der Waals surface area contributed by atoms with Crippen molar-refractivity contribution < 1.29 is 9.53 Å². The Balaban J connectivity index is 1.92. The maximum atomic E-state index is 12.1. The van der Waals surface area contributed by atoms with Crippen LogP contribution in [0.1, 0.15) is 5.56 Å². The van der Waals surface area contributed by atoms with Gasteiger partial charge in [-0.3, -0.25) is 4.79 Å². The summed E-state index contributed by atoms with van der Waals surface area (Å²) < 4.78 is 5.30. The third-order valence-corrected chi connectivity index (χ3v) is 3.95. The molecule has 0 aliphatic heterocycles. The van der Waals surface area contributed by atoms with Crippen molar-refractivity contribution in [1.82, 2.24) is 4.90 Å². The van der Waals surface area contributed by atoms with Gasteiger partial charge in [0.15, 0.2) is 0 Å². The van der Waals surface area contributed by atoms with Gasteiger partial charge in [0.2, 0.25) is 5.91 Å². The molecule has 4 heteroatoms. The van der Waals surface area contributed by atoms with Crippen LogP contribution in [0.2, 0.25) is 0 Å². The van der Waals surface area contributed by atoms with Crippen molar-refractivity contribution in [2.75, 3.05) is 14.2 Å². The van der Waals surface area contributed by atoms with E-state index in [4.69, 9.17) is 4.74 Å². The second kappa shape index (κ2) is 8.29. The van der Waals surface area contributed by atoms with E-state index in [-0.39, 0.29) is 5.91 Å². The van der Waals surface area contributed by atoms with Crippen molar-refractivity contribution in [3.8, 4) is 5.75 Å². The molecule has 2 aromatic rings. The smallest absolute Gasteiger partial charge is 0.247 e. The van der Waals surface area contributed by atoms with Gasteiger partial charge in [0.1, 0.15) is 5.75 Å². The number of carbonyl (C=O) groups is 1. The summed E-state index contributed by atoms with van der Waals surface area (Å²) in [5, 5.41) is 1.82. The lowest BCUT2D eigenvalue weighted by atomic mass is 10.2. The SMILES string of the molecule is COc1ccccc1CN(C)C(=O)/C=C\Sc1ccccc1. The first kappa shape index (κ1) is 16.2. The number of para-hydroxylation sites is 1. The van der Waals surface area contributed by atoms with E-state index in [0.29, 0.717) is 6.54 Å². The summed E-state index contributed by atoms with van der Waals surface area (Å²) in [6.07, 6.45) is 1.59. The van der Waals surface area contributed by atoms with Gasteiger partial charge >= 0.3 is 0 Å². The molecule has 114 valence electrons. The minimum atomic E-state index is -0.0330. The lowest BCUT2D eigenvalue weighted by Crippen LogP contribution is -2.24. The van der Waals surface area contributed by atoms with E-state index in [1.807, 2.05) is 60.0 Å². The first-order valence-corrected chi connectivity index (χ1v) is 7.84. The molecular formula is C18H19NO2S. The van der Waals surface area contributed by atoms with Gasteiger partial charge in [0, 0.05) is 30.1 Å². The fraction of sp³-hybridized carbons (Fsp3) is 0.167. The summed E-state index contributed by atoms with van der Waals surface area (Å²) in [6.45, 7) is 0.517. The average Bonchev–Trinajstić information content (AvgIpc) is 2.56. The summed E-state index contributed by atoms with van der Waals surface area (Å²) in [4.78, 5) is 14.9. The minimum Gasteiger partial charge on any atom is -0.496 e. The zero-order valence-corrected chi connectivity index (χ0v) is 13.5. The number of amides is 1. The van der Waals surface area contributed by atoms with Crippen LogP contribution in [0.25, 0.3) is 0 Å². The summed E-state index contributed by atoms with van der Waals surface area (Å²) in [6, 6.07) is 17.7. The summed E-state index contributed by atoms with van der Waals surface area (Å²) >= 11 is 1.53. The minimum absolute atomic E-state index is 0.0330. The van der Waals surface area contributed by atoms with Crippen molar-refractivity contribution in [3.05, 3.63) is 71.6 Å². The molecular weight excluding hydrogens is 294 g/mol. The van der Waals surface area contributed by atoms with E-state index in [0.717, 1.165) is 16.2 Å². The van der Waals surface area contributed by atoms with Crippen molar-refractivity contribution in [3.63, 3.8) is 0 Å². The Kier molecular flexibility index (Phi) is 6.10. The molecule has 2 aromatic carbocycles. The van der Waals surface area contributed by atoms with Crippen LogP contribution in [0.3, 0.4) is 0 Å². The number of thioether (sulfide) groups is 1. The fourth-order valence-corrected chi connectivity index (χ4v) is 2.62. The highest BCUT2D eigenvalue weighted by Crippen LogP contribution is 2.20. The van der Waals surface area contributed by atoms with E-state index in [9.17, 15) is 4.79 Å². The first-order chi connectivity index (χ1) is 10.7. The number of rotatable bonds is 6. The van der Waals surface area contributed by atoms with E-state index in [2.05, 4.69) is 0 Å². The highest BCUT2D eigenvalue weighted by Gasteiger charge is 2.09. The average molecular weight is 313 g/mol. The largest absolute Gasteiger partial charge is 0.496 e. The van der Waals surface area contributed by atoms with Gasteiger partial charge in [-0.15, -0.1) is 0 Å². The van der Waals surface area contributed by atoms with E-state index in [1.165, 1.54) is 11.8 Å². The maximum absolute atomic E-state index is 12.1. The number of benzene rings is 2. The summed E-state index contributed by atoms with van der Waals surface area (Å²) in [5.74, 6) is 0.763. The maximum Gasteiger partial charge on any atom is 0.247 e. The lowest BCUT2D eigenvalue weighted by molar-refractivity contribution is -0.125. The molecule has 0 spiro atoms. The van der Waals surface area contributed by atoms with Crippen molar-refractivity contribution in [1.29, 1.82) is 0 Å². The van der Waals surface area contributed by atoms with Crippen LogP contribution in [-0.2, 0) is 11.3 Å². The number of hydrogen-bond acceptors (Lipinski definition) is 3. The standard InChI is InChI=1S/C18H19NO2S/c1-19(14-15-8-6-7-11-17(15)21-2)18(20)12-13-22-16-9-4-3-5-10-16/h3-13H,14H2,1-2H3/b13-12-. The molecule has 1 amide bonds. The fourth-order valence-electron chi connectivity index (χ4n) is 1.96. The number of methoxy groups -OCH3 is 1. The molecule has 0 aromatic heterocycles. The van der Waals surface area contributed by atoms with Gasteiger partial charge in [0.05, 0.1) is 7.11 Å². The Labute approximate surface area is 135 Å². The summed E-state index contributed by atoms with van der Waals surface area (Å²) in [7, 11) is 3.42. The van der Waals surface area contributed by atoms with Crippen LogP contribution >= 0.6 is 11.8 Å². The van der Waals surface area contributed by atoms with Crippen LogP contribution in [-0.4, -0.2) is 25.0 Å². The number of nitrogens with zero attached hydrogens (tertiary/aromatic N) is 1. The molecule has 0 heterocycles. The van der Waals surface area contributed by atoms with Gasteiger partial charge in [-0.1, -0.05) is 48.2 Å². The molecule has 22 heavy (non-hydrogen) atoms. The Morgan fingerprint density at radius 3 is 2.55 bits per heavy atom. The van der Waals surface area contributed by atoms with Crippen LogP contribution in [0.15, 0.2) is 71.0 Å². The highest BCUT2D eigenvalue weighted by atomic mass is 32.2. The number of hydrogen-bond donors (Lipinski definition) is 0. The van der Waals surface area contributed by atoms with Gasteiger partial charge in [-0.2, -0.15) is 0 Å². The topological polar surface area (TPSA) is 29.5 Å². The van der Waals surface area contributed by atoms with Gasteiger partial charge in [-0.25, -0.2) is 0 Å². The zero-order chi connectivity index (χ0) is 15.8. The number of carbonyl (C=O) groups excluding carboxylic acids is 1. The van der Waals surface area contributed by atoms with Crippen molar-refractivity contribution in [2.24, 2.45) is 0 Å². The third-order valence-electron chi connectivity index (χ3n) is 3.13. The molecule has 0 saturated carbocycles. The molecule has 0 aliphatic rings. The summed E-state index contributed by atoms with van der Waals surface area (Å²) in [5.41, 5.74) is 0.991. The normalized spacial score (nSPS) is 10.6. The number of ether oxygens (including phenoxy) is 1. The lowest BCUT2D eigenvalue weighted by Gasteiger charge is -2.17. The Hall–Kier alpha value is -2.20. The predicted molar refractivity (Wildman–Crippen MR) is 90.9 cm³/mol. The van der Waals surface area contributed by atoms with Gasteiger partial charge < -0.3 is 9.64 Å². The van der Waals surface area contributed by atoms with Gasteiger partial charge in [0.25, 0.3) is 0 Å². The molecule has 0 atom stereocenters. The van der Waals surface area contributed by atoms with E-state index < -0.39 is 0 Å². The Morgan fingerprint density at radius 1 is 1.14 bits per heavy atom. The molecule has 0 bridgehead atoms. The predicted octanol–water partition coefficient (Wildman–Crippen LogP) is 3.96. The van der Waals surface area contributed by atoms with Crippen LogP contribution < -0.4 is 4.74 Å². The Morgan fingerprint density at radius 2 is 1.82 bits per heavy atom. The first-order valence-electron chi connectivity index (χ1n) is 6.96. The van der Waals surface area contributed by atoms with Crippen LogP contribution in [0.5, 0.6) is 5.75 Å².